The number of anilines is 3. The fraction of sp³-hybridized carbons (Fsp3) is 0.483. The highest BCUT2D eigenvalue weighted by Gasteiger charge is 2.21. The predicted molar refractivity (Wildman–Crippen MR) is 163 cm³/mol. The van der Waals surface area contributed by atoms with E-state index >= 15 is 0 Å². The lowest BCUT2D eigenvalue weighted by molar-refractivity contribution is -0.146. The number of ether oxygens (including phenoxy) is 1. The number of nitrogens with two attached hydrogens (primary N) is 1. The molecule has 0 spiro atoms. The van der Waals surface area contributed by atoms with Crippen molar-refractivity contribution in [3.8, 4) is 0 Å². The summed E-state index contributed by atoms with van der Waals surface area (Å²) in [6.07, 6.45) is 2.44. The molecule has 0 aliphatic carbocycles. The van der Waals surface area contributed by atoms with Gasteiger partial charge in [-0.05, 0) is 43.4 Å². The van der Waals surface area contributed by atoms with E-state index in [4.69, 9.17) is 22.1 Å². The van der Waals surface area contributed by atoms with Crippen LogP contribution in [0.25, 0.3) is 0 Å². The van der Waals surface area contributed by atoms with Gasteiger partial charge in [0.2, 0.25) is 0 Å². The zero-order valence-electron chi connectivity index (χ0n) is 24.0. The second-order valence-corrected chi connectivity index (χ2v) is 12.1. The minimum absolute atomic E-state index is 0.0302. The van der Waals surface area contributed by atoms with E-state index in [0.717, 1.165) is 43.1 Å². The topological polar surface area (TPSA) is 127 Å². The van der Waals surface area contributed by atoms with E-state index in [-0.39, 0.29) is 18.2 Å². The molecule has 4 rings (SSSR count). The number of piperazine rings is 1. The van der Waals surface area contributed by atoms with E-state index in [0.29, 0.717) is 52.2 Å². The van der Waals surface area contributed by atoms with Crippen molar-refractivity contribution in [3.63, 3.8) is 0 Å². The number of aryl methyl sites for hydroxylation is 2. The standard InChI is InChI=1S/C29H38ClN7O3S/c1-18(2)14-23(31)28(39)40-13-12-36-8-10-37(11-9-36)27-16-26(33-20(4)34-27)35-29-32-17-25(41-29)24(38)15-21-19(3)6-5-7-22(21)30/h5-7,16-18,23H,8-15,31H2,1-4H3,(H,32,33,34,35)/t23-/m0/s1. The summed E-state index contributed by atoms with van der Waals surface area (Å²) in [4.78, 5) is 43.6. The summed E-state index contributed by atoms with van der Waals surface area (Å²) < 4.78 is 5.38. The maximum absolute atomic E-state index is 12.9. The molecule has 1 fully saturated rings. The van der Waals surface area contributed by atoms with Crippen LogP contribution in [0.4, 0.5) is 16.8 Å². The number of carbonyl (C=O) groups excluding carboxylic acids is 2. The number of rotatable bonds is 12. The Labute approximate surface area is 250 Å². The van der Waals surface area contributed by atoms with Crippen molar-refractivity contribution in [2.75, 3.05) is 49.5 Å². The molecule has 1 atom stereocenters. The first-order chi connectivity index (χ1) is 19.6. The Hall–Kier alpha value is -3.12. The lowest BCUT2D eigenvalue weighted by Gasteiger charge is -2.35. The molecule has 0 radical (unpaired) electrons. The van der Waals surface area contributed by atoms with Gasteiger partial charge in [-0.3, -0.25) is 14.5 Å². The first kappa shape index (κ1) is 30.8. The molecule has 0 unspecified atom stereocenters. The van der Waals surface area contributed by atoms with Crippen molar-refractivity contribution < 1.29 is 14.3 Å². The van der Waals surface area contributed by atoms with Gasteiger partial charge in [-0.2, -0.15) is 0 Å². The predicted octanol–water partition coefficient (Wildman–Crippen LogP) is 4.41. The van der Waals surface area contributed by atoms with Gasteiger partial charge in [-0.25, -0.2) is 15.0 Å². The van der Waals surface area contributed by atoms with Crippen LogP contribution in [0.3, 0.4) is 0 Å². The monoisotopic (exact) mass is 599 g/mol. The molecule has 1 saturated heterocycles. The Bertz CT molecular complexity index is 1340. The fourth-order valence-corrected chi connectivity index (χ4v) is 5.72. The second kappa shape index (κ2) is 14.2. The van der Waals surface area contributed by atoms with Crippen molar-refractivity contribution in [1.29, 1.82) is 0 Å². The average Bonchev–Trinajstić information content (AvgIpc) is 3.39. The summed E-state index contributed by atoms with van der Waals surface area (Å²) in [5.41, 5.74) is 7.74. The number of Topliss-reactive ketones (excluding diaryl/α,β-unsaturated/α-hetero) is 1. The Morgan fingerprint density at radius 2 is 1.93 bits per heavy atom. The smallest absolute Gasteiger partial charge is 0.322 e. The van der Waals surface area contributed by atoms with Crippen LogP contribution in [0.5, 0.6) is 0 Å². The zero-order chi connectivity index (χ0) is 29.5. The minimum atomic E-state index is -0.565. The number of esters is 1. The molecule has 1 aromatic carbocycles. The van der Waals surface area contributed by atoms with Gasteiger partial charge in [0, 0.05) is 50.2 Å². The quantitative estimate of drug-likeness (QED) is 0.228. The van der Waals surface area contributed by atoms with Crippen molar-refractivity contribution in [2.24, 2.45) is 11.7 Å². The Morgan fingerprint density at radius 3 is 2.63 bits per heavy atom. The lowest BCUT2D eigenvalue weighted by atomic mass is 10.0. The number of halogens is 1. The highest BCUT2D eigenvalue weighted by Crippen LogP contribution is 2.27. The summed E-state index contributed by atoms with van der Waals surface area (Å²) in [6, 6.07) is 6.96. The molecule has 1 aliphatic rings. The van der Waals surface area contributed by atoms with Gasteiger partial charge < -0.3 is 20.7 Å². The molecule has 10 nitrogen and oxygen atoms in total. The molecule has 2 aromatic heterocycles. The molecule has 12 heteroatoms. The van der Waals surface area contributed by atoms with Gasteiger partial charge in [-0.15, -0.1) is 0 Å². The van der Waals surface area contributed by atoms with Crippen LogP contribution in [0.1, 0.15) is 46.9 Å². The van der Waals surface area contributed by atoms with Gasteiger partial charge >= 0.3 is 5.97 Å². The van der Waals surface area contributed by atoms with E-state index in [2.05, 4.69) is 30.1 Å². The van der Waals surface area contributed by atoms with E-state index in [1.165, 1.54) is 11.3 Å². The minimum Gasteiger partial charge on any atom is -0.463 e. The summed E-state index contributed by atoms with van der Waals surface area (Å²) >= 11 is 7.60. The third kappa shape index (κ3) is 8.68. The number of ketones is 1. The van der Waals surface area contributed by atoms with Crippen LogP contribution in [0.2, 0.25) is 5.02 Å². The van der Waals surface area contributed by atoms with Crippen molar-refractivity contribution in [3.05, 3.63) is 57.3 Å². The number of thiazole rings is 1. The molecule has 0 amide bonds. The largest absolute Gasteiger partial charge is 0.463 e. The van der Waals surface area contributed by atoms with Crippen molar-refractivity contribution >= 4 is 51.5 Å². The average molecular weight is 600 g/mol. The molecule has 1 aliphatic heterocycles. The van der Waals surface area contributed by atoms with Crippen LogP contribution in [0.15, 0.2) is 30.5 Å². The van der Waals surface area contributed by atoms with Crippen molar-refractivity contribution in [2.45, 2.75) is 46.6 Å². The highest BCUT2D eigenvalue weighted by atomic mass is 35.5. The van der Waals surface area contributed by atoms with E-state index in [1.807, 2.05) is 45.9 Å². The SMILES string of the molecule is Cc1nc(Nc2ncc(C(=O)Cc3c(C)cccc3Cl)s2)cc(N2CCN(CCOC(=O)[C@@H](N)CC(C)C)CC2)n1. The van der Waals surface area contributed by atoms with Crippen LogP contribution in [0, 0.1) is 19.8 Å². The molecule has 3 aromatic rings. The molecule has 41 heavy (non-hydrogen) atoms. The number of aromatic nitrogens is 3. The van der Waals surface area contributed by atoms with E-state index in [1.54, 1.807) is 12.3 Å². The Balaban J connectivity index is 1.29. The van der Waals surface area contributed by atoms with Gasteiger partial charge in [0.25, 0.3) is 0 Å². The number of carbonyl (C=O) groups is 2. The molecule has 3 N–H and O–H groups in total. The molecular weight excluding hydrogens is 562 g/mol. The fourth-order valence-electron chi connectivity index (χ4n) is 4.67. The number of nitrogens with zero attached hydrogens (tertiary/aromatic N) is 5. The summed E-state index contributed by atoms with van der Waals surface area (Å²) in [5, 5.41) is 4.41. The first-order valence-corrected chi connectivity index (χ1v) is 15.0. The van der Waals surface area contributed by atoms with Gasteiger partial charge in [0.15, 0.2) is 10.9 Å². The summed E-state index contributed by atoms with van der Waals surface area (Å²) in [7, 11) is 0. The third-order valence-electron chi connectivity index (χ3n) is 6.91. The van der Waals surface area contributed by atoms with Gasteiger partial charge in [0.05, 0.1) is 11.1 Å². The third-order valence-corrected chi connectivity index (χ3v) is 8.21. The van der Waals surface area contributed by atoms with E-state index in [9.17, 15) is 9.59 Å². The molecule has 220 valence electrons. The van der Waals surface area contributed by atoms with Crippen LogP contribution in [-0.2, 0) is 16.0 Å². The maximum atomic E-state index is 12.9. The second-order valence-electron chi connectivity index (χ2n) is 10.7. The molecule has 0 saturated carbocycles. The van der Waals surface area contributed by atoms with Crippen LogP contribution < -0.4 is 16.0 Å². The number of hydrogen-bond acceptors (Lipinski definition) is 11. The molecule has 3 heterocycles. The van der Waals surface area contributed by atoms with Crippen molar-refractivity contribution in [1.82, 2.24) is 19.9 Å². The number of benzene rings is 1. The normalized spacial score (nSPS) is 14.8. The number of nitrogens with one attached hydrogen (secondary N) is 1. The molecule has 0 bridgehead atoms. The Morgan fingerprint density at radius 1 is 1.17 bits per heavy atom. The Kier molecular flexibility index (Phi) is 10.7. The summed E-state index contributed by atoms with van der Waals surface area (Å²) in [6.45, 7) is 12.1. The van der Waals surface area contributed by atoms with Crippen LogP contribution in [-0.4, -0.2) is 77.0 Å². The molecular formula is C29H38ClN7O3S. The van der Waals surface area contributed by atoms with Gasteiger partial charge in [0.1, 0.15) is 30.1 Å². The zero-order valence-corrected chi connectivity index (χ0v) is 25.6. The number of hydrogen-bond donors (Lipinski definition) is 2. The van der Waals surface area contributed by atoms with Gasteiger partial charge in [-0.1, -0.05) is 48.9 Å². The highest BCUT2D eigenvalue weighted by molar-refractivity contribution is 7.17. The first-order valence-electron chi connectivity index (χ1n) is 13.8. The lowest BCUT2D eigenvalue weighted by Crippen LogP contribution is -2.48. The summed E-state index contributed by atoms with van der Waals surface area (Å²) in [5.74, 6) is 2.07. The maximum Gasteiger partial charge on any atom is 0.322 e. The van der Waals surface area contributed by atoms with E-state index < -0.39 is 6.04 Å². The van der Waals surface area contributed by atoms with Crippen LogP contribution >= 0.6 is 22.9 Å².